The molecule has 21 heavy (non-hydrogen) atoms. The predicted octanol–water partition coefficient (Wildman–Crippen LogP) is 3.12. The van der Waals surface area contributed by atoms with E-state index in [4.69, 9.17) is 10.5 Å². The number of nitrogens with two attached hydrogens (primary N) is 1. The van der Waals surface area contributed by atoms with Crippen molar-refractivity contribution in [3.63, 3.8) is 0 Å². The van der Waals surface area contributed by atoms with Gasteiger partial charge in [0, 0.05) is 16.1 Å². The third-order valence-electron chi connectivity index (χ3n) is 2.97. The van der Waals surface area contributed by atoms with Crippen LogP contribution in [0.4, 0.5) is 17.3 Å². The van der Waals surface area contributed by atoms with Gasteiger partial charge >= 0.3 is 0 Å². The molecule has 3 aromatic rings. The minimum absolute atomic E-state index is 0.283. The van der Waals surface area contributed by atoms with Gasteiger partial charge in [-0.15, -0.1) is 0 Å². The van der Waals surface area contributed by atoms with Crippen LogP contribution in [0.3, 0.4) is 0 Å². The van der Waals surface area contributed by atoms with Crippen LogP contribution in [-0.4, -0.2) is 22.1 Å². The van der Waals surface area contributed by atoms with Gasteiger partial charge in [0.1, 0.15) is 6.33 Å². The van der Waals surface area contributed by atoms with Crippen LogP contribution in [0.15, 0.2) is 41.3 Å². The van der Waals surface area contributed by atoms with Crippen LogP contribution in [0, 0.1) is 0 Å². The summed E-state index contributed by atoms with van der Waals surface area (Å²) in [4.78, 5) is 12.5. The number of hydrogen-bond acceptors (Lipinski definition) is 6. The Morgan fingerprint density at radius 3 is 2.90 bits per heavy atom. The second-order valence-electron chi connectivity index (χ2n) is 4.30. The Morgan fingerprint density at radius 1 is 1.24 bits per heavy atom. The summed E-state index contributed by atoms with van der Waals surface area (Å²) >= 11 is 3.42. The highest BCUT2D eigenvalue weighted by molar-refractivity contribution is 9.10. The topological polar surface area (TPSA) is 86.0 Å². The van der Waals surface area contributed by atoms with E-state index in [-0.39, 0.29) is 5.82 Å². The first kappa shape index (κ1) is 13.6. The highest BCUT2D eigenvalue weighted by atomic mass is 79.9. The zero-order valence-electron chi connectivity index (χ0n) is 11.2. The SMILES string of the molecule is COc1c(N)ncnc1Nc1cccc2cc(Br)cnc12. The average Bonchev–Trinajstić information content (AvgIpc) is 2.47. The molecular formula is C14H12BrN5O. The molecule has 0 saturated heterocycles. The lowest BCUT2D eigenvalue weighted by atomic mass is 10.2. The van der Waals surface area contributed by atoms with Gasteiger partial charge in [0.15, 0.2) is 11.6 Å². The Balaban J connectivity index is 2.09. The summed E-state index contributed by atoms with van der Waals surface area (Å²) in [7, 11) is 1.53. The van der Waals surface area contributed by atoms with Gasteiger partial charge in [-0.3, -0.25) is 4.98 Å². The first-order valence-electron chi connectivity index (χ1n) is 6.15. The van der Waals surface area contributed by atoms with E-state index >= 15 is 0 Å². The number of para-hydroxylation sites is 1. The number of hydrogen-bond donors (Lipinski definition) is 2. The first-order chi connectivity index (χ1) is 10.2. The van der Waals surface area contributed by atoms with Crippen LogP contribution in [0.2, 0.25) is 0 Å². The lowest BCUT2D eigenvalue weighted by Gasteiger charge is -2.12. The lowest BCUT2D eigenvalue weighted by molar-refractivity contribution is 0.415. The number of benzene rings is 1. The molecule has 0 spiro atoms. The standard InChI is InChI=1S/C14H12BrN5O/c1-21-12-13(16)18-7-19-14(12)20-10-4-2-3-8-5-9(15)6-17-11(8)10/h2-7H,1H3,(H3,16,18,19,20). The molecule has 0 aliphatic rings. The largest absolute Gasteiger partial charge is 0.490 e. The van der Waals surface area contributed by atoms with Crippen molar-refractivity contribution in [1.29, 1.82) is 0 Å². The number of aromatic nitrogens is 3. The first-order valence-corrected chi connectivity index (χ1v) is 6.94. The molecule has 2 aromatic heterocycles. The van der Waals surface area contributed by atoms with Crippen LogP contribution < -0.4 is 15.8 Å². The maximum absolute atomic E-state index is 5.78. The zero-order valence-corrected chi connectivity index (χ0v) is 12.8. The smallest absolute Gasteiger partial charge is 0.204 e. The third-order valence-corrected chi connectivity index (χ3v) is 3.40. The number of methoxy groups -OCH3 is 1. The van der Waals surface area contributed by atoms with Crippen LogP contribution in [-0.2, 0) is 0 Å². The normalized spacial score (nSPS) is 10.6. The monoisotopic (exact) mass is 345 g/mol. The quantitative estimate of drug-likeness (QED) is 0.758. The summed E-state index contributed by atoms with van der Waals surface area (Å²) < 4.78 is 6.17. The number of anilines is 3. The molecule has 2 heterocycles. The van der Waals surface area contributed by atoms with Crippen molar-refractivity contribution in [2.45, 2.75) is 0 Å². The van der Waals surface area contributed by atoms with E-state index in [1.807, 2.05) is 24.3 Å². The molecule has 1 aromatic carbocycles. The van der Waals surface area contributed by atoms with Crippen molar-refractivity contribution in [1.82, 2.24) is 15.0 Å². The molecule has 106 valence electrons. The van der Waals surface area contributed by atoms with Gasteiger partial charge < -0.3 is 15.8 Å². The number of fused-ring (bicyclic) bond motifs is 1. The van der Waals surface area contributed by atoms with E-state index in [2.05, 4.69) is 36.2 Å². The van der Waals surface area contributed by atoms with Gasteiger partial charge in [0.25, 0.3) is 0 Å². The molecule has 0 bridgehead atoms. The van der Waals surface area contributed by atoms with Crippen LogP contribution in [0.5, 0.6) is 5.75 Å². The fraction of sp³-hybridized carbons (Fsp3) is 0.0714. The van der Waals surface area contributed by atoms with E-state index in [1.54, 1.807) is 6.20 Å². The zero-order chi connectivity index (χ0) is 14.8. The van der Waals surface area contributed by atoms with Gasteiger partial charge in [0.2, 0.25) is 5.75 Å². The van der Waals surface area contributed by atoms with E-state index < -0.39 is 0 Å². The maximum Gasteiger partial charge on any atom is 0.204 e. The van der Waals surface area contributed by atoms with Gasteiger partial charge in [0.05, 0.1) is 18.3 Å². The summed E-state index contributed by atoms with van der Waals surface area (Å²) in [6.45, 7) is 0. The van der Waals surface area contributed by atoms with E-state index in [9.17, 15) is 0 Å². The molecule has 3 N–H and O–H groups in total. The number of halogens is 1. The van der Waals surface area contributed by atoms with Crippen molar-refractivity contribution in [2.75, 3.05) is 18.2 Å². The van der Waals surface area contributed by atoms with Gasteiger partial charge in [-0.05, 0) is 28.1 Å². The molecule has 6 nitrogen and oxygen atoms in total. The maximum atomic E-state index is 5.78. The minimum atomic E-state index is 0.283. The van der Waals surface area contributed by atoms with Crippen LogP contribution in [0.25, 0.3) is 10.9 Å². The highest BCUT2D eigenvalue weighted by Crippen LogP contribution is 2.32. The predicted molar refractivity (Wildman–Crippen MR) is 85.7 cm³/mol. The lowest BCUT2D eigenvalue weighted by Crippen LogP contribution is -2.03. The number of ether oxygens (including phenoxy) is 1. The van der Waals surface area contributed by atoms with Crippen molar-refractivity contribution >= 4 is 44.2 Å². The summed E-state index contributed by atoms with van der Waals surface area (Å²) in [5, 5.41) is 4.20. The van der Waals surface area contributed by atoms with Crippen molar-refractivity contribution in [2.24, 2.45) is 0 Å². The average molecular weight is 346 g/mol. The number of nitrogen functional groups attached to an aromatic ring is 1. The Bertz CT molecular complexity index is 808. The fourth-order valence-corrected chi connectivity index (χ4v) is 2.39. The molecule has 0 aliphatic heterocycles. The Morgan fingerprint density at radius 2 is 2.10 bits per heavy atom. The molecule has 0 aliphatic carbocycles. The summed E-state index contributed by atoms with van der Waals surface area (Å²) in [5.41, 5.74) is 7.43. The van der Waals surface area contributed by atoms with Crippen molar-refractivity contribution < 1.29 is 4.74 Å². The molecule has 3 rings (SSSR count). The van der Waals surface area contributed by atoms with Gasteiger partial charge in [-0.2, -0.15) is 0 Å². The van der Waals surface area contributed by atoms with Crippen molar-refractivity contribution in [3.05, 3.63) is 41.3 Å². The number of rotatable bonds is 3. The number of nitrogens with one attached hydrogen (secondary N) is 1. The molecule has 0 atom stereocenters. The molecular weight excluding hydrogens is 334 g/mol. The molecule has 0 amide bonds. The van der Waals surface area contributed by atoms with Gasteiger partial charge in [-0.1, -0.05) is 12.1 Å². The molecule has 0 fully saturated rings. The third kappa shape index (κ3) is 2.59. The van der Waals surface area contributed by atoms with Crippen molar-refractivity contribution in [3.8, 4) is 5.75 Å². The molecule has 7 heteroatoms. The second-order valence-corrected chi connectivity index (χ2v) is 5.21. The summed E-state index contributed by atoms with van der Waals surface area (Å²) in [6.07, 6.45) is 3.13. The molecule has 0 radical (unpaired) electrons. The van der Waals surface area contributed by atoms with E-state index in [0.717, 1.165) is 21.1 Å². The fourth-order valence-electron chi connectivity index (χ4n) is 2.04. The van der Waals surface area contributed by atoms with E-state index in [1.165, 1.54) is 13.4 Å². The van der Waals surface area contributed by atoms with Crippen LogP contribution in [0.1, 0.15) is 0 Å². The summed E-state index contributed by atoms with van der Waals surface area (Å²) in [5.74, 6) is 1.19. The second kappa shape index (κ2) is 5.53. The minimum Gasteiger partial charge on any atom is -0.490 e. The van der Waals surface area contributed by atoms with Gasteiger partial charge in [-0.25, -0.2) is 9.97 Å². The number of nitrogens with zero attached hydrogens (tertiary/aromatic N) is 3. The number of pyridine rings is 1. The van der Waals surface area contributed by atoms with E-state index in [0.29, 0.717) is 11.6 Å². The molecule has 0 unspecified atom stereocenters. The Kier molecular flexibility index (Phi) is 3.57. The van der Waals surface area contributed by atoms with Crippen LogP contribution >= 0.6 is 15.9 Å². The Hall–Kier alpha value is -2.41. The molecule has 0 saturated carbocycles. The summed E-state index contributed by atoms with van der Waals surface area (Å²) in [6, 6.07) is 7.85. The highest BCUT2D eigenvalue weighted by Gasteiger charge is 2.11. The Labute approximate surface area is 129 Å².